The van der Waals surface area contributed by atoms with Crippen LogP contribution in [0.2, 0.25) is 0 Å². The number of hydrogen-bond acceptors (Lipinski definition) is 6. The Hall–Kier alpha value is -1.66. The number of aliphatic hydroxyl groups excluding tert-OH is 2. The highest BCUT2D eigenvalue weighted by atomic mass is 16.5. The van der Waals surface area contributed by atoms with Gasteiger partial charge < -0.3 is 19.7 Å². The maximum atomic E-state index is 10.6. The number of aliphatic hydroxyl groups is 2. The molecule has 0 aliphatic carbocycles. The summed E-state index contributed by atoms with van der Waals surface area (Å²) < 4.78 is 9.09. The molecule has 2 N–H and O–H groups in total. The van der Waals surface area contributed by atoms with Crippen molar-refractivity contribution in [2.75, 3.05) is 19.8 Å². The molecule has 0 bridgehead atoms. The Bertz CT molecular complexity index is 296. The van der Waals surface area contributed by atoms with Crippen LogP contribution < -0.4 is 0 Å². The van der Waals surface area contributed by atoms with Crippen molar-refractivity contribution in [3.63, 3.8) is 0 Å². The predicted octanol–water partition coefficient (Wildman–Crippen LogP) is 0.584. The molecule has 0 aromatic rings. The molecule has 19 heavy (non-hydrogen) atoms. The minimum atomic E-state index is -0.608. The normalized spacial score (nSPS) is 10.5. The molecule has 0 heterocycles. The molecule has 0 aliphatic rings. The van der Waals surface area contributed by atoms with Crippen molar-refractivity contribution in [2.24, 2.45) is 0 Å². The zero-order valence-corrected chi connectivity index (χ0v) is 11.4. The highest BCUT2D eigenvalue weighted by molar-refractivity contribution is 5.86. The maximum absolute atomic E-state index is 10.6. The minimum Gasteiger partial charge on any atom is -0.462 e. The molecule has 6 heteroatoms. The Morgan fingerprint density at radius 1 is 1.37 bits per heavy atom. The van der Waals surface area contributed by atoms with Crippen LogP contribution >= 0.6 is 0 Å². The first-order chi connectivity index (χ1) is 8.84. The number of rotatable bonds is 7. The van der Waals surface area contributed by atoms with E-state index < -0.39 is 18.0 Å². The second-order valence-corrected chi connectivity index (χ2v) is 3.68. The first-order valence-electron chi connectivity index (χ1n) is 5.75. The molecule has 0 amide bonds. The molecule has 0 rings (SSSR count). The van der Waals surface area contributed by atoms with E-state index in [2.05, 4.69) is 22.6 Å². The third-order valence-electron chi connectivity index (χ3n) is 1.52. The summed E-state index contributed by atoms with van der Waals surface area (Å²) in [6, 6.07) is 0. The lowest BCUT2D eigenvalue weighted by atomic mass is 10.3. The largest absolute Gasteiger partial charge is 0.462 e. The lowest BCUT2D eigenvalue weighted by Gasteiger charge is -2.04. The van der Waals surface area contributed by atoms with Crippen LogP contribution in [0.15, 0.2) is 24.8 Å². The zero-order chi connectivity index (χ0) is 15.3. The molecule has 6 nitrogen and oxygen atoms in total. The molecule has 0 aliphatic heterocycles. The Kier molecular flexibility index (Phi) is 13.2. The van der Waals surface area contributed by atoms with Crippen molar-refractivity contribution in [3.8, 4) is 0 Å². The van der Waals surface area contributed by atoms with Crippen molar-refractivity contribution in [1.82, 2.24) is 0 Å². The van der Waals surface area contributed by atoms with E-state index in [4.69, 9.17) is 10.2 Å². The first-order valence-corrected chi connectivity index (χ1v) is 5.75. The van der Waals surface area contributed by atoms with Gasteiger partial charge in [-0.3, -0.25) is 0 Å². The molecule has 0 saturated carbocycles. The van der Waals surface area contributed by atoms with Crippen LogP contribution in [0, 0.1) is 0 Å². The van der Waals surface area contributed by atoms with E-state index in [1.54, 1.807) is 13.8 Å². The van der Waals surface area contributed by atoms with Gasteiger partial charge in [0, 0.05) is 24.7 Å². The average Bonchev–Trinajstić information content (AvgIpc) is 2.36. The lowest BCUT2D eigenvalue weighted by Crippen LogP contribution is -2.15. The summed E-state index contributed by atoms with van der Waals surface area (Å²) >= 11 is 0. The van der Waals surface area contributed by atoms with Gasteiger partial charge in [0.1, 0.15) is 6.61 Å². The lowest BCUT2D eigenvalue weighted by molar-refractivity contribution is -0.141. The van der Waals surface area contributed by atoms with E-state index in [0.29, 0.717) is 12.0 Å². The molecule has 0 spiro atoms. The van der Waals surface area contributed by atoms with E-state index in [0.717, 1.165) is 6.08 Å². The second-order valence-electron chi connectivity index (χ2n) is 3.68. The SMILES string of the molecule is C=C(C)C(=O)OCC(C)O.C=CC(=O)OCCCO. The van der Waals surface area contributed by atoms with Crippen LogP contribution in [-0.2, 0) is 19.1 Å². The Balaban J connectivity index is 0. The van der Waals surface area contributed by atoms with E-state index in [-0.39, 0.29) is 19.8 Å². The van der Waals surface area contributed by atoms with Crippen LogP contribution in [0.5, 0.6) is 0 Å². The molecular formula is C13H22O6. The first kappa shape index (κ1) is 19.7. The number of esters is 2. The van der Waals surface area contributed by atoms with Crippen molar-refractivity contribution < 1.29 is 29.3 Å². The van der Waals surface area contributed by atoms with Gasteiger partial charge >= 0.3 is 11.9 Å². The number of ether oxygens (including phenoxy) is 2. The predicted molar refractivity (Wildman–Crippen MR) is 70.3 cm³/mol. The van der Waals surface area contributed by atoms with Gasteiger partial charge in [-0.25, -0.2) is 9.59 Å². The summed E-state index contributed by atoms with van der Waals surface area (Å²) in [5, 5.41) is 16.9. The van der Waals surface area contributed by atoms with Crippen molar-refractivity contribution in [1.29, 1.82) is 0 Å². The fourth-order valence-corrected chi connectivity index (χ4v) is 0.616. The van der Waals surface area contributed by atoms with Crippen LogP contribution in [-0.4, -0.2) is 48.1 Å². The van der Waals surface area contributed by atoms with Crippen molar-refractivity contribution in [3.05, 3.63) is 24.8 Å². The topological polar surface area (TPSA) is 93.1 Å². The van der Waals surface area contributed by atoms with Gasteiger partial charge in [0.05, 0.1) is 12.7 Å². The minimum absolute atomic E-state index is 0.0334. The molecule has 1 atom stereocenters. The molecule has 1 unspecified atom stereocenters. The summed E-state index contributed by atoms with van der Waals surface area (Å²) in [5.41, 5.74) is 0.348. The summed E-state index contributed by atoms with van der Waals surface area (Å²) in [7, 11) is 0. The van der Waals surface area contributed by atoms with Crippen LogP contribution in [0.3, 0.4) is 0 Å². The monoisotopic (exact) mass is 274 g/mol. The molecule has 0 radical (unpaired) electrons. The standard InChI is InChI=1S/C7H12O3.C6H10O3/c1-5(2)7(9)10-4-6(3)8;1-2-6(8)9-5-3-4-7/h6,8H,1,4H2,2-3H3;2,7H,1,3-5H2. The third kappa shape index (κ3) is 16.3. The van der Waals surface area contributed by atoms with Crippen molar-refractivity contribution in [2.45, 2.75) is 26.4 Å². The van der Waals surface area contributed by atoms with Gasteiger partial charge in [-0.15, -0.1) is 0 Å². The summed E-state index contributed by atoms with van der Waals surface area (Å²) in [6.45, 7) is 10.0. The van der Waals surface area contributed by atoms with Crippen LogP contribution in [0.1, 0.15) is 20.3 Å². The molecule has 0 aromatic carbocycles. The summed E-state index contributed by atoms with van der Waals surface area (Å²) in [4.78, 5) is 20.9. The molecule has 0 fully saturated rings. The van der Waals surface area contributed by atoms with Crippen molar-refractivity contribution >= 4 is 11.9 Å². The fourth-order valence-electron chi connectivity index (χ4n) is 0.616. The van der Waals surface area contributed by atoms with Crippen LogP contribution in [0.4, 0.5) is 0 Å². The molecular weight excluding hydrogens is 252 g/mol. The van der Waals surface area contributed by atoms with E-state index in [1.165, 1.54) is 0 Å². The van der Waals surface area contributed by atoms with Crippen LogP contribution in [0.25, 0.3) is 0 Å². The fraction of sp³-hybridized carbons (Fsp3) is 0.538. The smallest absolute Gasteiger partial charge is 0.333 e. The summed E-state index contributed by atoms with van der Waals surface area (Å²) in [6.07, 6.45) is 0.972. The number of hydrogen-bond donors (Lipinski definition) is 2. The summed E-state index contributed by atoms with van der Waals surface area (Å²) in [5.74, 6) is -0.899. The average molecular weight is 274 g/mol. The van der Waals surface area contributed by atoms with Gasteiger partial charge in [-0.1, -0.05) is 13.2 Å². The van der Waals surface area contributed by atoms with E-state index >= 15 is 0 Å². The number of carbonyl (C=O) groups is 2. The Labute approximate surface area is 113 Å². The molecule has 110 valence electrons. The molecule has 0 aromatic heterocycles. The van der Waals surface area contributed by atoms with E-state index in [9.17, 15) is 9.59 Å². The van der Waals surface area contributed by atoms with Gasteiger partial charge in [-0.05, 0) is 13.8 Å². The Morgan fingerprint density at radius 2 is 1.95 bits per heavy atom. The second kappa shape index (κ2) is 12.8. The zero-order valence-electron chi connectivity index (χ0n) is 11.4. The van der Waals surface area contributed by atoms with E-state index in [1.807, 2.05) is 0 Å². The van der Waals surface area contributed by atoms with Gasteiger partial charge in [0.25, 0.3) is 0 Å². The van der Waals surface area contributed by atoms with Gasteiger partial charge in [0.15, 0.2) is 0 Å². The quantitative estimate of drug-likeness (QED) is 0.401. The Morgan fingerprint density at radius 3 is 2.32 bits per heavy atom. The maximum Gasteiger partial charge on any atom is 0.333 e. The van der Waals surface area contributed by atoms with Gasteiger partial charge in [-0.2, -0.15) is 0 Å². The third-order valence-corrected chi connectivity index (χ3v) is 1.52. The highest BCUT2D eigenvalue weighted by Crippen LogP contribution is 1.92. The molecule has 0 saturated heterocycles. The highest BCUT2D eigenvalue weighted by Gasteiger charge is 2.03. The van der Waals surface area contributed by atoms with Gasteiger partial charge in [0.2, 0.25) is 0 Å². The number of carbonyl (C=O) groups excluding carboxylic acids is 2.